The standard InChI is InChI=1S/C19H21N3S/c1-5-15-10-11-17(12-16(15)13-20)21-14(2)18-8-6-7-9-19(18)22-23(3)4/h6-12,21-22H,2-3,5H2,1,4H3. The molecular weight excluding hydrogens is 302 g/mol. The highest BCUT2D eigenvalue weighted by Crippen LogP contribution is 2.27. The van der Waals surface area contributed by atoms with Crippen molar-refractivity contribution in [2.75, 3.05) is 16.3 Å². The molecule has 0 aliphatic heterocycles. The Balaban J connectivity index is 2.26. The molecule has 0 aliphatic carbocycles. The second-order valence-electron chi connectivity index (χ2n) is 5.23. The zero-order chi connectivity index (χ0) is 16.8. The summed E-state index contributed by atoms with van der Waals surface area (Å²) in [6.07, 6.45) is 2.87. The Hall–Kier alpha value is -2.51. The SMILES string of the molecule is C=C(Nc1ccc(CC)c(C#N)c1)c1ccccc1NS(=C)C. The van der Waals surface area contributed by atoms with Crippen molar-refractivity contribution in [1.82, 2.24) is 0 Å². The normalized spacial score (nSPS) is 11.3. The maximum absolute atomic E-state index is 9.25. The van der Waals surface area contributed by atoms with E-state index in [1.54, 1.807) is 0 Å². The van der Waals surface area contributed by atoms with E-state index in [4.69, 9.17) is 0 Å². The van der Waals surface area contributed by atoms with E-state index < -0.39 is 0 Å². The van der Waals surface area contributed by atoms with Crippen molar-refractivity contribution in [3.8, 4) is 6.07 Å². The Morgan fingerprint density at radius 3 is 2.65 bits per heavy atom. The van der Waals surface area contributed by atoms with Gasteiger partial charge < -0.3 is 10.0 Å². The topological polar surface area (TPSA) is 47.9 Å². The average Bonchev–Trinajstić information content (AvgIpc) is 2.54. The Labute approximate surface area is 140 Å². The van der Waals surface area contributed by atoms with E-state index in [1.165, 1.54) is 0 Å². The minimum Gasteiger partial charge on any atom is -0.355 e. The number of anilines is 2. The van der Waals surface area contributed by atoms with Gasteiger partial charge >= 0.3 is 0 Å². The van der Waals surface area contributed by atoms with Crippen molar-refractivity contribution in [1.29, 1.82) is 5.26 Å². The fourth-order valence-corrected chi connectivity index (χ4v) is 2.88. The predicted octanol–water partition coefficient (Wildman–Crippen LogP) is 4.86. The summed E-state index contributed by atoms with van der Waals surface area (Å²) in [6, 6.07) is 16.1. The van der Waals surface area contributed by atoms with Crippen LogP contribution in [0.15, 0.2) is 49.0 Å². The van der Waals surface area contributed by atoms with Crippen LogP contribution in [0, 0.1) is 11.3 Å². The van der Waals surface area contributed by atoms with Gasteiger partial charge in [0, 0.05) is 16.9 Å². The molecule has 3 nitrogen and oxygen atoms in total. The molecule has 2 rings (SSSR count). The van der Waals surface area contributed by atoms with Crippen molar-refractivity contribution in [3.05, 3.63) is 65.7 Å². The molecule has 0 aromatic heterocycles. The number of nitrogens with zero attached hydrogens (tertiary/aromatic N) is 1. The van der Waals surface area contributed by atoms with E-state index >= 15 is 0 Å². The van der Waals surface area contributed by atoms with E-state index in [-0.39, 0.29) is 10.7 Å². The summed E-state index contributed by atoms with van der Waals surface area (Å²) in [7, 11) is -0.161. The molecule has 2 aromatic carbocycles. The van der Waals surface area contributed by atoms with Crippen LogP contribution in [0.5, 0.6) is 0 Å². The number of nitrogens with one attached hydrogen (secondary N) is 2. The molecule has 0 amide bonds. The smallest absolute Gasteiger partial charge is 0.0995 e. The van der Waals surface area contributed by atoms with Gasteiger partial charge in [-0.25, -0.2) is 0 Å². The van der Waals surface area contributed by atoms with E-state index in [2.05, 4.69) is 28.6 Å². The molecule has 0 aliphatic rings. The minimum atomic E-state index is -0.161. The van der Waals surface area contributed by atoms with Crippen LogP contribution in [-0.4, -0.2) is 12.1 Å². The maximum Gasteiger partial charge on any atom is 0.0995 e. The highest BCUT2D eigenvalue weighted by Gasteiger charge is 2.07. The molecule has 0 saturated carbocycles. The molecule has 2 aromatic rings. The number of hydrogen-bond donors (Lipinski definition) is 2. The van der Waals surface area contributed by atoms with Crippen molar-refractivity contribution in [2.24, 2.45) is 0 Å². The summed E-state index contributed by atoms with van der Waals surface area (Å²) in [5.41, 5.74) is 5.39. The Bertz CT molecular complexity index is 787. The van der Waals surface area contributed by atoms with E-state index in [9.17, 15) is 5.26 Å². The Morgan fingerprint density at radius 2 is 2.00 bits per heavy atom. The van der Waals surface area contributed by atoms with Crippen LogP contribution in [0.4, 0.5) is 11.4 Å². The van der Waals surface area contributed by atoms with Crippen LogP contribution in [-0.2, 0) is 6.42 Å². The number of hydrogen-bond acceptors (Lipinski definition) is 3. The minimum absolute atomic E-state index is 0.161. The molecule has 1 unspecified atom stereocenters. The van der Waals surface area contributed by atoms with Crippen molar-refractivity contribution >= 4 is 33.6 Å². The third-order valence-corrected chi connectivity index (χ3v) is 4.01. The van der Waals surface area contributed by atoms with Crippen molar-refractivity contribution in [3.63, 3.8) is 0 Å². The lowest BCUT2D eigenvalue weighted by Crippen LogP contribution is -2.02. The molecule has 0 saturated heterocycles. The molecule has 0 heterocycles. The molecule has 2 N–H and O–H groups in total. The van der Waals surface area contributed by atoms with Gasteiger partial charge in [0.25, 0.3) is 0 Å². The van der Waals surface area contributed by atoms with E-state index in [1.807, 2.05) is 55.6 Å². The molecule has 0 spiro atoms. The van der Waals surface area contributed by atoms with Crippen LogP contribution in [0.2, 0.25) is 0 Å². The fraction of sp³-hybridized carbons (Fsp3) is 0.158. The lowest BCUT2D eigenvalue weighted by atomic mass is 10.0. The molecule has 4 heteroatoms. The fourth-order valence-electron chi connectivity index (χ4n) is 2.33. The molecule has 0 bridgehead atoms. The maximum atomic E-state index is 9.25. The van der Waals surface area contributed by atoms with Gasteiger partial charge in [0.15, 0.2) is 0 Å². The third-order valence-electron chi connectivity index (χ3n) is 3.44. The number of para-hydroxylation sites is 1. The Kier molecular flexibility index (Phi) is 5.61. The van der Waals surface area contributed by atoms with Crippen LogP contribution >= 0.6 is 10.7 Å². The molecule has 0 fully saturated rings. The first-order valence-corrected chi connectivity index (χ1v) is 9.16. The van der Waals surface area contributed by atoms with Gasteiger partial charge in [-0.1, -0.05) is 43.6 Å². The number of benzene rings is 2. The monoisotopic (exact) mass is 323 g/mol. The second kappa shape index (κ2) is 7.66. The first-order chi connectivity index (χ1) is 11.0. The van der Waals surface area contributed by atoms with Gasteiger partial charge in [-0.2, -0.15) is 5.26 Å². The van der Waals surface area contributed by atoms with Crippen LogP contribution in [0.25, 0.3) is 5.70 Å². The quantitative estimate of drug-likeness (QED) is 0.746. The zero-order valence-corrected chi connectivity index (χ0v) is 14.3. The molecular formula is C19H21N3S. The van der Waals surface area contributed by atoms with Gasteiger partial charge in [-0.15, -0.1) is 10.7 Å². The van der Waals surface area contributed by atoms with Gasteiger partial charge in [-0.05, 0) is 36.4 Å². The second-order valence-corrected chi connectivity index (χ2v) is 6.70. The van der Waals surface area contributed by atoms with Gasteiger partial charge in [0.1, 0.15) is 0 Å². The van der Waals surface area contributed by atoms with Crippen molar-refractivity contribution in [2.45, 2.75) is 13.3 Å². The molecule has 23 heavy (non-hydrogen) atoms. The summed E-state index contributed by atoms with van der Waals surface area (Å²) >= 11 is 0. The van der Waals surface area contributed by atoms with Crippen molar-refractivity contribution < 1.29 is 0 Å². The van der Waals surface area contributed by atoms with E-state index in [0.29, 0.717) is 5.56 Å². The number of rotatable bonds is 6. The number of aryl methyl sites for hydroxylation is 1. The van der Waals surface area contributed by atoms with Crippen LogP contribution < -0.4 is 10.0 Å². The molecule has 118 valence electrons. The first kappa shape index (κ1) is 16.9. The average molecular weight is 323 g/mol. The van der Waals surface area contributed by atoms with E-state index in [0.717, 1.165) is 34.6 Å². The summed E-state index contributed by atoms with van der Waals surface area (Å²) in [5.74, 6) is 3.99. The van der Waals surface area contributed by atoms with Gasteiger partial charge in [0.2, 0.25) is 0 Å². The largest absolute Gasteiger partial charge is 0.355 e. The number of nitriles is 1. The lowest BCUT2D eigenvalue weighted by molar-refractivity contribution is 1.13. The Morgan fingerprint density at radius 1 is 1.26 bits per heavy atom. The summed E-state index contributed by atoms with van der Waals surface area (Å²) in [4.78, 5) is 0. The predicted molar refractivity (Wildman–Crippen MR) is 104 cm³/mol. The zero-order valence-electron chi connectivity index (χ0n) is 13.5. The van der Waals surface area contributed by atoms with Crippen LogP contribution in [0.3, 0.4) is 0 Å². The van der Waals surface area contributed by atoms with Gasteiger partial charge in [0.05, 0.1) is 17.3 Å². The van der Waals surface area contributed by atoms with Crippen LogP contribution in [0.1, 0.15) is 23.6 Å². The van der Waals surface area contributed by atoms with Gasteiger partial charge in [-0.3, -0.25) is 0 Å². The third kappa shape index (κ3) is 4.24. The first-order valence-electron chi connectivity index (χ1n) is 7.35. The lowest BCUT2D eigenvalue weighted by Gasteiger charge is -2.16. The summed E-state index contributed by atoms with van der Waals surface area (Å²) in [5, 5.41) is 12.5. The molecule has 0 radical (unpaired) electrons. The molecule has 1 atom stereocenters. The highest BCUT2D eigenvalue weighted by molar-refractivity contribution is 8.14. The summed E-state index contributed by atoms with van der Waals surface area (Å²) in [6.45, 7) is 6.18. The highest BCUT2D eigenvalue weighted by atomic mass is 32.2. The summed E-state index contributed by atoms with van der Waals surface area (Å²) < 4.78 is 3.34.